The third kappa shape index (κ3) is 4.82. The zero-order chi connectivity index (χ0) is 23.5. The van der Waals surface area contributed by atoms with E-state index in [1.165, 1.54) is 11.3 Å². The molecule has 1 aliphatic heterocycles. The molecule has 0 amide bonds. The van der Waals surface area contributed by atoms with Crippen LogP contribution in [0.3, 0.4) is 0 Å². The average Bonchev–Trinajstić information content (AvgIpc) is 3.54. The molecule has 0 aromatic carbocycles. The number of thiophene rings is 1. The summed E-state index contributed by atoms with van der Waals surface area (Å²) >= 11 is 1.24. The van der Waals surface area contributed by atoms with Gasteiger partial charge in [0.2, 0.25) is 5.82 Å². The first-order valence-electron chi connectivity index (χ1n) is 10.2. The molecule has 14 heteroatoms. The normalized spacial score (nSPS) is 14.4. The lowest BCUT2D eigenvalue weighted by Gasteiger charge is -2.29. The second-order valence-corrected chi connectivity index (χ2v) is 8.38. The molecule has 1 aliphatic rings. The third-order valence-corrected chi connectivity index (χ3v) is 6.04. The van der Waals surface area contributed by atoms with Gasteiger partial charge in [-0.15, -0.1) is 16.4 Å². The van der Waals surface area contributed by atoms with Gasteiger partial charge >= 0.3 is 12.1 Å². The second-order valence-electron chi connectivity index (χ2n) is 7.21. The summed E-state index contributed by atoms with van der Waals surface area (Å²) in [5.74, 6) is -0.402. The molecule has 0 spiro atoms. The Labute approximate surface area is 195 Å². The van der Waals surface area contributed by atoms with E-state index in [9.17, 15) is 13.2 Å². The second kappa shape index (κ2) is 9.30. The van der Waals surface area contributed by atoms with Crippen molar-refractivity contribution in [2.45, 2.75) is 12.7 Å². The van der Waals surface area contributed by atoms with Crippen molar-refractivity contribution in [3.63, 3.8) is 0 Å². The van der Waals surface area contributed by atoms with Gasteiger partial charge in [-0.2, -0.15) is 23.3 Å². The lowest BCUT2D eigenvalue weighted by Crippen LogP contribution is -2.36. The predicted octanol–water partition coefficient (Wildman–Crippen LogP) is 3.57. The van der Waals surface area contributed by atoms with Gasteiger partial charge in [0, 0.05) is 36.4 Å². The van der Waals surface area contributed by atoms with Crippen LogP contribution in [-0.2, 0) is 17.5 Å². The molecule has 10 nitrogen and oxygen atoms in total. The minimum Gasteiger partial charge on any atom is -0.378 e. The molecule has 0 radical (unpaired) electrons. The van der Waals surface area contributed by atoms with Gasteiger partial charge in [-0.25, -0.2) is 4.98 Å². The fraction of sp³-hybridized carbons (Fsp3) is 0.300. The predicted molar refractivity (Wildman–Crippen MR) is 116 cm³/mol. The molecule has 176 valence electrons. The Bertz CT molecular complexity index is 1240. The molecule has 0 N–H and O–H groups in total. The highest BCUT2D eigenvalue weighted by molar-refractivity contribution is 7.15. The fourth-order valence-electron chi connectivity index (χ4n) is 3.36. The topological polar surface area (TPSA) is 106 Å². The summed E-state index contributed by atoms with van der Waals surface area (Å²) in [7, 11) is 0. The van der Waals surface area contributed by atoms with Gasteiger partial charge in [-0.1, -0.05) is 5.16 Å². The summed E-state index contributed by atoms with van der Waals surface area (Å²) in [5, 5.41) is 11.9. The molecular weight excluding hydrogens is 473 g/mol. The maximum absolute atomic E-state index is 12.8. The molecule has 4 aromatic rings. The van der Waals surface area contributed by atoms with E-state index in [0.717, 1.165) is 23.7 Å². The highest BCUT2D eigenvalue weighted by Crippen LogP contribution is 2.33. The zero-order valence-corrected chi connectivity index (χ0v) is 18.3. The molecule has 1 saturated heterocycles. The quantitative estimate of drug-likeness (QED) is 0.398. The van der Waals surface area contributed by atoms with Crippen LogP contribution in [0, 0.1) is 0 Å². The Morgan fingerprint density at radius 3 is 2.68 bits per heavy atom. The SMILES string of the molecule is FC(F)(F)c1nc(-c2ccc(CN(c3cnccn3)c3cc(N4CCOCC4)cnn3)s2)no1. The fourth-order valence-corrected chi connectivity index (χ4v) is 4.28. The summed E-state index contributed by atoms with van der Waals surface area (Å²) in [6.07, 6.45) is 1.74. The van der Waals surface area contributed by atoms with E-state index in [0.29, 0.717) is 36.3 Å². The van der Waals surface area contributed by atoms with Gasteiger partial charge in [-0.05, 0) is 12.1 Å². The first-order chi connectivity index (χ1) is 16.5. The number of hydrogen-bond donors (Lipinski definition) is 0. The number of morpholine rings is 1. The van der Waals surface area contributed by atoms with Crippen LogP contribution in [0.4, 0.5) is 30.5 Å². The maximum Gasteiger partial charge on any atom is 0.471 e. The van der Waals surface area contributed by atoms with Crippen LogP contribution >= 0.6 is 11.3 Å². The number of nitrogens with zero attached hydrogens (tertiary/aromatic N) is 8. The standard InChI is InChI=1S/C20H17F3N8O2S/c21-20(22,23)19-27-18(29-33-19)15-2-1-14(34-15)12-31(17-11-24-3-4-25-17)16-9-13(10-26-28-16)30-5-7-32-8-6-30/h1-4,9-11H,5-8,12H2. The number of aromatic nitrogens is 6. The van der Waals surface area contributed by atoms with Crippen LogP contribution in [-0.4, -0.2) is 56.6 Å². The van der Waals surface area contributed by atoms with Crippen molar-refractivity contribution in [2.75, 3.05) is 36.1 Å². The maximum atomic E-state index is 12.8. The van der Waals surface area contributed by atoms with E-state index < -0.39 is 12.1 Å². The molecule has 34 heavy (non-hydrogen) atoms. The number of halogens is 3. The van der Waals surface area contributed by atoms with E-state index in [1.807, 2.05) is 11.0 Å². The third-order valence-electron chi connectivity index (χ3n) is 4.97. The lowest BCUT2D eigenvalue weighted by atomic mass is 10.3. The summed E-state index contributed by atoms with van der Waals surface area (Å²) in [5.41, 5.74) is 0.903. The highest BCUT2D eigenvalue weighted by Gasteiger charge is 2.38. The van der Waals surface area contributed by atoms with Crippen LogP contribution in [0.25, 0.3) is 10.7 Å². The van der Waals surface area contributed by atoms with Gasteiger partial charge in [0.1, 0.15) is 0 Å². The van der Waals surface area contributed by atoms with Crippen molar-refractivity contribution in [3.8, 4) is 10.7 Å². The number of hydrogen-bond acceptors (Lipinski definition) is 11. The Balaban J connectivity index is 1.43. The van der Waals surface area contributed by atoms with E-state index in [2.05, 4.69) is 39.7 Å². The summed E-state index contributed by atoms with van der Waals surface area (Å²) in [6.45, 7) is 3.09. The first kappa shape index (κ1) is 22.2. The monoisotopic (exact) mass is 490 g/mol. The molecule has 4 aromatic heterocycles. The van der Waals surface area contributed by atoms with Crippen LogP contribution < -0.4 is 9.80 Å². The van der Waals surface area contributed by atoms with E-state index in [4.69, 9.17) is 4.74 Å². The summed E-state index contributed by atoms with van der Waals surface area (Å²) < 4.78 is 48.2. The first-order valence-corrected chi connectivity index (χ1v) is 11.0. The molecule has 0 atom stereocenters. The van der Waals surface area contributed by atoms with E-state index in [-0.39, 0.29) is 5.82 Å². The molecule has 5 rings (SSSR count). The number of anilines is 3. The highest BCUT2D eigenvalue weighted by atomic mass is 32.1. The van der Waals surface area contributed by atoms with Gasteiger partial charge in [0.25, 0.3) is 0 Å². The van der Waals surface area contributed by atoms with Crippen LogP contribution in [0.15, 0.2) is 47.5 Å². The van der Waals surface area contributed by atoms with Gasteiger partial charge in [0.05, 0.1) is 42.7 Å². The smallest absolute Gasteiger partial charge is 0.378 e. The number of ether oxygens (including phenoxy) is 1. The van der Waals surface area contributed by atoms with Gasteiger partial charge < -0.3 is 19.1 Å². The molecule has 0 unspecified atom stereocenters. The molecule has 5 heterocycles. The Hall–Kier alpha value is -3.65. The Morgan fingerprint density at radius 1 is 1.09 bits per heavy atom. The largest absolute Gasteiger partial charge is 0.471 e. The molecular formula is C20H17F3N8O2S. The molecule has 1 fully saturated rings. The molecule has 0 aliphatic carbocycles. The van der Waals surface area contributed by atoms with Gasteiger partial charge in [-0.3, -0.25) is 4.98 Å². The average molecular weight is 490 g/mol. The molecule has 0 bridgehead atoms. The minimum atomic E-state index is -4.70. The van der Waals surface area contributed by atoms with Crippen molar-refractivity contribution in [1.82, 2.24) is 30.3 Å². The van der Waals surface area contributed by atoms with Crippen molar-refractivity contribution in [2.24, 2.45) is 0 Å². The van der Waals surface area contributed by atoms with Crippen molar-refractivity contribution in [3.05, 3.63) is 53.8 Å². The van der Waals surface area contributed by atoms with Crippen molar-refractivity contribution in [1.29, 1.82) is 0 Å². The van der Waals surface area contributed by atoms with Crippen molar-refractivity contribution < 1.29 is 22.4 Å². The number of rotatable bonds is 6. The Morgan fingerprint density at radius 2 is 1.94 bits per heavy atom. The zero-order valence-electron chi connectivity index (χ0n) is 17.5. The van der Waals surface area contributed by atoms with Crippen LogP contribution in [0.5, 0.6) is 0 Å². The molecule has 0 saturated carbocycles. The summed E-state index contributed by atoms with van der Waals surface area (Å²) in [6, 6.07) is 5.35. The van der Waals surface area contributed by atoms with Crippen LogP contribution in [0.1, 0.15) is 10.8 Å². The van der Waals surface area contributed by atoms with Crippen molar-refractivity contribution >= 4 is 28.7 Å². The minimum absolute atomic E-state index is 0.122. The van der Waals surface area contributed by atoms with E-state index in [1.54, 1.807) is 36.9 Å². The summed E-state index contributed by atoms with van der Waals surface area (Å²) in [4.78, 5) is 17.3. The van der Waals surface area contributed by atoms with Gasteiger partial charge in [0.15, 0.2) is 11.6 Å². The van der Waals surface area contributed by atoms with Crippen LogP contribution in [0.2, 0.25) is 0 Å². The number of alkyl halides is 3. The lowest BCUT2D eigenvalue weighted by molar-refractivity contribution is -0.159. The van der Waals surface area contributed by atoms with E-state index >= 15 is 0 Å². The Kier molecular flexibility index (Phi) is 6.06.